The van der Waals surface area contributed by atoms with E-state index in [9.17, 15) is 9.59 Å². The first-order valence-electron chi connectivity index (χ1n) is 11.8. The maximum atomic E-state index is 12.2. The van der Waals surface area contributed by atoms with E-state index in [1.165, 1.54) is 0 Å². The van der Waals surface area contributed by atoms with Crippen LogP contribution in [0.1, 0.15) is 30.6 Å². The smallest absolute Gasteiger partial charge is 0.305 e. The van der Waals surface area contributed by atoms with Crippen molar-refractivity contribution in [2.45, 2.75) is 26.3 Å². The molecule has 0 fully saturated rings. The average Bonchev–Trinajstić information content (AvgIpc) is 2.86. The fourth-order valence-electron chi connectivity index (χ4n) is 3.60. The van der Waals surface area contributed by atoms with Crippen LogP contribution in [0.3, 0.4) is 0 Å². The molecule has 0 saturated heterocycles. The molecule has 3 aromatic carbocycles. The molecule has 0 aliphatic heterocycles. The molecule has 1 amide bonds. The molecule has 7 nitrogen and oxygen atoms in total. The lowest BCUT2D eigenvalue weighted by Gasteiger charge is -2.24. The molecule has 196 valence electrons. The van der Waals surface area contributed by atoms with E-state index in [4.69, 9.17) is 37.8 Å². The lowest BCUT2D eigenvalue weighted by molar-refractivity contribution is -0.136. The third-order valence-corrected chi connectivity index (χ3v) is 6.30. The van der Waals surface area contributed by atoms with Crippen LogP contribution >= 0.6 is 23.2 Å². The Morgan fingerprint density at radius 3 is 2.30 bits per heavy atom. The van der Waals surface area contributed by atoms with E-state index < -0.39 is 5.97 Å². The molecule has 3 aromatic rings. The van der Waals surface area contributed by atoms with Gasteiger partial charge in [-0.3, -0.25) is 9.59 Å². The fraction of sp³-hybridized carbons (Fsp3) is 0.286. The molecule has 1 unspecified atom stereocenters. The van der Waals surface area contributed by atoms with Gasteiger partial charge >= 0.3 is 5.97 Å². The van der Waals surface area contributed by atoms with Crippen molar-refractivity contribution in [2.75, 3.05) is 25.6 Å². The number of carboxylic acid groups (broad SMARTS) is 1. The molecule has 0 heterocycles. The number of amides is 1. The first kappa shape index (κ1) is 28.2. The van der Waals surface area contributed by atoms with E-state index in [1.54, 1.807) is 31.4 Å². The number of hydrogen-bond donors (Lipinski definition) is 3. The topological polar surface area (TPSA) is 96.9 Å². The number of nitrogens with one attached hydrogen (secondary N) is 2. The number of halogens is 2. The first-order valence-corrected chi connectivity index (χ1v) is 12.6. The number of ether oxygens (including phenoxy) is 2. The van der Waals surface area contributed by atoms with Gasteiger partial charge in [-0.05, 0) is 54.4 Å². The molecule has 3 rings (SSSR count). The third-order valence-electron chi connectivity index (χ3n) is 5.75. The number of carbonyl (C=O) groups excluding carboxylic acids is 1. The molecule has 37 heavy (non-hydrogen) atoms. The van der Waals surface area contributed by atoms with Crippen molar-refractivity contribution >= 4 is 40.8 Å². The first-order chi connectivity index (χ1) is 17.7. The van der Waals surface area contributed by atoms with E-state index >= 15 is 0 Å². The highest BCUT2D eigenvalue weighted by atomic mass is 35.5. The van der Waals surface area contributed by atoms with Gasteiger partial charge in [0.1, 0.15) is 18.1 Å². The van der Waals surface area contributed by atoms with Crippen molar-refractivity contribution in [3.05, 3.63) is 76.3 Å². The molecule has 1 atom stereocenters. The van der Waals surface area contributed by atoms with Crippen molar-refractivity contribution < 1.29 is 24.2 Å². The van der Waals surface area contributed by atoms with Gasteiger partial charge < -0.3 is 25.2 Å². The number of hydrogen-bond acceptors (Lipinski definition) is 5. The predicted octanol–water partition coefficient (Wildman–Crippen LogP) is 6.39. The predicted molar refractivity (Wildman–Crippen MR) is 147 cm³/mol. The Balaban J connectivity index is 1.64. The number of benzene rings is 3. The second-order valence-corrected chi connectivity index (χ2v) is 9.61. The van der Waals surface area contributed by atoms with Crippen molar-refractivity contribution in [1.29, 1.82) is 0 Å². The summed E-state index contributed by atoms with van der Waals surface area (Å²) >= 11 is 12.4. The minimum atomic E-state index is -0.956. The van der Waals surface area contributed by atoms with Crippen LogP contribution in [-0.2, 0) is 4.79 Å². The second-order valence-electron chi connectivity index (χ2n) is 8.77. The molecule has 0 aromatic heterocycles. The normalized spacial score (nSPS) is 11.6. The molecule has 0 aliphatic carbocycles. The lowest BCUT2D eigenvalue weighted by atomic mass is 10.0. The molecular weight excluding hydrogens is 515 g/mol. The quantitative estimate of drug-likeness (QED) is 0.244. The number of aliphatic carboxylic acids is 1. The number of anilines is 1. The summed E-state index contributed by atoms with van der Waals surface area (Å²) in [7, 11) is 1.60. The van der Waals surface area contributed by atoms with Gasteiger partial charge in [-0.15, -0.1) is 0 Å². The largest absolute Gasteiger partial charge is 0.496 e. The zero-order valence-corrected chi connectivity index (χ0v) is 22.4. The highest BCUT2D eigenvalue weighted by molar-refractivity contribution is 6.36. The summed E-state index contributed by atoms with van der Waals surface area (Å²) in [6.45, 7) is 4.67. The van der Waals surface area contributed by atoms with E-state index in [0.29, 0.717) is 33.7 Å². The minimum absolute atomic E-state index is 0.00776. The highest BCUT2D eigenvalue weighted by Gasteiger charge is 2.17. The van der Waals surface area contributed by atoms with Crippen LogP contribution in [-0.4, -0.2) is 43.3 Å². The summed E-state index contributed by atoms with van der Waals surface area (Å²) < 4.78 is 11.7. The SMILES string of the molecule is COc1cc(OCC(Nc2ccc(C(=O)NCCC(=O)O)cc2)C(C)C)ccc1-c1ccc(Cl)cc1Cl. The zero-order chi connectivity index (χ0) is 26.9. The van der Waals surface area contributed by atoms with E-state index in [-0.39, 0.29) is 30.8 Å². The Kier molecular flexibility index (Phi) is 10.1. The van der Waals surface area contributed by atoms with Gasteiger partial charge in [-0.2, -0.15) is 0 Å². The Labute approximate surface area is 226 Å². The van der Waals surface area contributed by atoms with E-state index in [1.807, 2.05) is 36.4 Å². The van der Waals surface area contributed by atoms with Crippen LogP contribution in [0.2, 0.25) is 10.0 Å². The summed E-state index contributed by atoms with van der Waals surface area (Å²) in [5.74, 6) is 0.281. The Hall–Kier alpha value is -3.42. The summed E-state index contributed by atoms with van der Waals surface area (Å²) in [6.07, 6.45) is -0.120. The van der Waals surface area contributed by atoms with Crippen LogP contribution < -0.4 is 20.1 Å². The summed E-state index contributed by atoms with van der Waals surface area (Å²) in [6, 6.07) is 18.0. The van der Waals surface area contributed by atoms with Gasteiger partial charge in [-0.1, -0.05) is 43.1 Å². The van der Waals surface area contributed by atoms with Crippen molar-refractivity contribution in [2.24, 2.45) is 5.92 Å². The van der Waals surface area contributed by atoms with Crippen molar-refractivity contribution in [1.82, 2.24) is 5.32 Å². The highest BCUT2D eigenvalue weighted by Crippen LogP contribution is 2.38. The summed E-state index contributed by atoms with van der Waals surface area (Å²) in [5.41, 5.74) is 2.95. The zero-order valence-electron chi connectivity index (χ0n) is 20.9. The standard InChI is InChI=1S/C28H30Cl2N2O5/c1-17(2)25(32-20-7-4-18(5-8-20)28(35)31-13-12-27(33)34)16-37-21-9-11-23(26(15-21)36-3)22-10-6-19(29)14-24(22)30/h4-11,14-15,17,25,32H,12-13,16H2,1-3H3,(H,31,35)(H,33,34). The molecule has 0 aliphatic rings. The molecule has 0 saturated carbocycles. The number of methoxy groups -OCH3 is 1. The fourth-order valence-corrected chi connectivity index (χ4v) is 4.11. The van der Waals surface area contributed by atoms with Crippen molar-refractivity contribution in [3.8, 4) is 22.6 Å². The van der Waals surface area contributed by atoms with Gasteiger partial charge in [0.2, 0.25) is 0 Å². The van der Waals surface area contributed by atoms with Gasteiger partial charge in [0.25, 0.3) is 5.91 Å². The Bertz CT molecular complexity index is 1230. The van der Waals surface area contributed by atoms with Crippen LogP contribution in [0.5, 0.6) is 11.5 Å². The molecule has 3 N–H and O–H groups in total. The van der Waals surface area contributed by atoms with Gasteiger partial charge in [0.05, 0.1) is 24.6 Å². The molecular formula is C28H30Cl2N2O5. The van der Waals surface area contributed by atoms with Crippen molar-refractivity contribution in [3.63, 3.8) is 0 Å². The van der Waals surface area contributed by atoms with Crippen LogP contribution in [0.4, 0.5) is 5.69 Å². The summed E-state index contributed by atoms with van der Waals surface area (Å²) in [5, 5.41) is 15.8. The lowest BCUT2D eigenvalue weighted by Crippen LogP contribution is -2.32. The minimum Gasteiger partial charge on any atom is -0.496 e. The second kappa shape index (κ2) is 13.2. The molecule has 0 spiro atoms. The molecule has 0 bridgehead atoms. The molecule has 0 radical (unpaired) electrons. The Morgan fingerprint density at radius 1 is 0.973 bits per heavy atom. The Morgan fingerprint density at radius 2 is 1.68 bits per heavy atom. The van der Waals surface area contributed by atoms with Crippen LogP contribution in [0.15, 0.2) is 60.7 Å². The number of carbonyl (C=O) groups is 2. The number of rotatable bonds is 12. The monoisotopic (exact) mass is 544 g/mol. The van der Waals surface area contributed by atoms with Crippen LogP contribution in [0.25, 0.3) is 11.1 Å². The maximum absolute atomic E-state index is 12.2. The molecule has 9 heteroatoms. The van der Waals surface area contributed by atoms with Crippen LogP contribution in [0, 0.1) is 5.92 Å². The summed E-state index contributed by atoms with van der Waals surface area (Å²) in [4.78, 5) is 22.8. The maximum Gasteiger partial charge on any atom is 0.305 e. The average molecular weight is 545 g/mol. The third kappa shape index (κ3) is 8.03. The number of carboxylic acids is 1. The van der Waals surface area contributed by atoms with E-state index in [0.717, 1.165) is 16.8 Å². The van der Waals surface area contributed by atoms with E-state index in [2.05, 4.69) is 24.5 Å². The van der Waals surface area contributed by atoms with Gasteiger partial charge in [0.15, 0.2) is 0 Å². The van der Waals surface area contributed by atoms with Gasteiger partial charge in [-0.25, -0.2) is 0 Å². The van der Waals surface area contributed by atoms with Gasteiger partial charge in [0, 0.05) is 40.0 Å².